The lowest BCUT2D eigenvalue weighted by molar-refractivity contribution is 0.602. The maximum absolute atomic E-state index is 12.8. The molecule has 0 bridgehead atoms. The Morgan fingerprint density at radius 3 is 2.17 bits per heavy atom. The topological polar surface area (TPSA) is 34.1 Å². The van der Waals surface area contributed by atoms with E-state index in [0.717, 1.165) is 6.26 Å². The van der Waals surface area contributed by atoms with Crippen LogP contribution in [0.1, 0.15) is 0 Å². The van der Waals surface area contributed by atoms with Gasteiger partial charge in [0.15, 0.2) is 9.84 Å². The Labute approximate surface area is 110 Å². The van der Waals surface area contributed by atoms with E-state index in [9.17, 15) is 12.8 Å². The molecule has 2 aromatic rings. The van der Waals surface area contributed by atoms with Gasteiger partial charge in [0.2, 0.25) is 0 Å². The van der Waals surface area contributed by atoms with E-state index in [2.05, 4.69) is 0 Å². The van der Waals surface area contributed by atoms with E-state index in [0.29, 0.717) is 16.1 Å². The smallest absolute Gasteiger partial charge is 0.175 e. The van der Waals surface area contributed by atoms with Gasteiger partial charge in [0, 0.05) is 11.3 Å². The maximum Gasteiger partial charge on any atom is 0.175 e. The summed E-state index contributed by atoms with van der Waals surface area (Å²) >= 11 is 5.90. The molecule has 0 heterocycles. The zero-order valence-corrected chi connectivity index (χ0v) is 11.1. The van der Waals surface area contributed by atoms with Gasteiger partial charge < -0.3 is 0 Å². The fourth-order valence-electron chi connectivity index (χ4n) is 1.59. The standard InChI is InChI=1S/C13H10ClFO2S/c1-18(16,17)13-7-10(6-11(14)8-13)9-2-4-12(15)5-3-9/h2-8H,1H3. The van der Waals surface area contributed by atoms with Gasteiger partial charge in [0.1, 0.15) is 5.82 Å². The van der Waals surface area contributed by atoms with Gasteiger partial charge in [-0.3, -0.25) is 0 Å². The number of sulfone groups is 1. The highest BCUT2D eigenvalue weighted by Gasteiger charge is 2.10. The van der Waals surface area contributed by atoms with Crippen LogP contribution in [0.3, 0.4) is 0 Å². The Hall–Kier alpha value is -1.39. The minimum atomic E-state index is -3.32. The number of hydrogen-bond donors (Lipinski definition) is 0. The lowest BCUT2D eigenvalue weighted by Crippen LogP contribution is -1.97. The predicted molar refractivity (Wildman–Crippen MR) is 70.0 cm³/mol. The summed E-state index contributed by atoms with van der Waals surface area (Å²) in [6, 6.07) is 10.3. The first kappa shape index (κ1) is 13.1. The Morgan fingerprint density at radius 1 is 1.00 bits per heavy atom. The molecule has 0 saturated heterocycles. The van der Waals surface area contributed by atoms with Crippen molar-refractivity contribution in [3.8, 4) is 11.1 Å². The SMILES string of the molecule is CS(=O)(=O)c1cc(Cl)cc(-c2ccc(F)cc2)c1. The second-order valence-corrected chi connectivity index (χ2v) is 6.41. The molecule has 0 spiro atoms. The molecule has 2 aromatic carbocycles. The van der Waals surface area contributed by atoms with Gasteiger partial charge in [0.25, 0.3) is 0 Å². The molecule has 18 heavy (non-hydrogen) atoms. The van der Waals surface area contributed by atoms with Gasteiger partial charge in [-0.2, -0.15) is 0 Å². The number of benzene rings is 2. The summed E-state index contributed by atoms with van der Waals surface area (Å²) in [6.07, 6.45) is 1.12. The van der Waals surface area contributed by atoms with Crippen molar-refractivity contribution in [2.75, 3.05) is 6.26 Å². The monoisotopic (exact) mass is 284 g/mol. The average molecular weight is 285 g/mol. The first-order valence-corrected chi connectivity index (χ1v) is 7.40. The molecule has 94 valence electrons. The van der Waals surface area contributed by atoms with Crippen LogP contribution < -0.4 is 0 Å². The molecule has 0 aliphatic carbocycles. The third-order valence-electron chi connectivity index (χ3n) is 2.48. The fraction of sp³-hybridized carbons (Fsp3) is 0.0769. The van der Waals surface area contributed by atoms with E-state index in [1.165, 1.54) is 24.3 Å². The summed E-state index contributed by atoms with van der Waals surface area (Å²) in [5.74, 6) is -0.343. The molecule has 5 heteroatoms. The van der Waals surface area contributed by atoms with Crippen molar-refractivity contribution in [3.63, 3.8) is 0 Å². The van der Waals surface area contributed by atoms with Crippen molar-refractivity contribution in [2.45, 2.75) is 4.90 Å². The first-order valence-electron chi connectivity index (χ1n) is 5.13. The molecule has 0 amide bonds. The van der Waals surface area contributed by atoms with Crippen LogP contribution in [0.25, 0.3) is 11.1 Å². The van der Waals surface area contributed by atoms with E-state index in [-0.39, 0.29) is 10.7 Å². The number of rotatable bonds is 2. The van der Waals surface area contributed by atoms with Crippen molar-refractivity contribution < 1.29 is 12.8 Å². The summed E-state index contributed by atoms with van der Waals surface area (Å²) in [6.45, 7) is 0. The van der Waals surface area contributed by atoms with Crippen molar-refractivity contribution in [3.05, 3.63) is 53.3 Å². The van der Waals surface area contributed by atoms with Crippen molar-refractivity contribution in [1.82, 2.24) is 0 Å². The van der Waals surface area contributed by atoms with Crippen molar-refractivity contribution >= 4 is 21.4 Å². The summed E-state index contributed by atoms with van der Waals surface area (Å²) in [5, 5.41) is 0.331. The van der Waals surface area contributed by atoms with Crippen LogP contribution in [0.15, 0.2) is 47.4 Å². The van der Waals surface area contributed by atoms with Gasteiger partial charge in [-0.15, -0.1) is 0 Å². The van der Waals surface area contributed by atoms with Crippen LogP contribution >= 0.6 is 11.6 Å². The highest BCUT2D eigenvalue weighted by Crippen LogP contribution is 2.27. The molecule has 0 aromatic heterocycles. The van der Waals surface area contributed by atoms with Gasteiger partial charge in [-0.1, -0.05) is 23.7 Å². The largest absolute Gasteiger partial charge is 0.224 e. The summed E-state index contributed by atoms with van der Waals surface area (Å²) in [5.41, 5.74) is 1.35. The molecule has 0 fully saturated rings. The molecule has 0 atom stereocenters. The molecule has 0 unspecified atom stereocenters. The molecule has 0 radical (unpaired) electrons. The third kappa shape index (κ3) is 2.89. The Kier molecular flexibility index (Phi) is 3.41. The lowest BCUT2D eigenvalue weighted by atomic mass is 10.1. The average Bonchev–Trinajstić information content (AvgIpc) is 2.28. The second kappa shape index (κ2) is 4.71. The van der Waals surface area contributed by atoms with E-state index in [1.807, 2.05) is 0 Å². The van der Waals surface area contributed by atoms with Crippen LogP contribution in [0.5, 0.6) is 0 Å². The zero-order valence-electron chi connectivity index (χ0n) is 9.52. The quantitative estimate of drug-likeness (QED) is 0.845. The van der Waals surface area contributed by atoms with Gasteiger partial charge in [-0.25, -0.2) is 12.8 Å². The number of hydrogen-bond acceptors (Lipinski definition) is 2. The highest BCUT2D eigenvalue weighted by molar-refractivity contribution is 7.90. The van der Waals surface area contributed by atoms with Crippen LogP contribution in [0, 0.1) is 5.82 Å². The van der Waals surface area contributed by atoms with Crippen LogP contribution in [0.2, 0.25) is 5.02 Å². The van der Waals surface area contributed by atoms with Gasteiger partial charge in [0.05, 0.1) is 4.90 Å². The van der Waals surface area contributed by atoms with Crippen molar-refractivity contribution in [1.29, 1.82) is 0 Å². The van der Waals surface area contributed by atoms with Crippen LogP contribution in [-0.4, -0.2) is 14.7 Å². The Morgan fingerprint density at radius 2 is 1.61 bits per heavy atom. The molecule has 2 nitrogen and oxygen atoms in total. The molecule has 2 rings (SSSR count). The van der Waals surface area contributed by atoms with E-state index >= 15 is 0 Å². The first-order chi connectivity index (χ1) is 8.36. The molecular weight excluding hydrogens is 275 g/mol. The van der Waals surface area contributed by atoms with Gasteiger partial charge >= 0.3 is 0 Å². The Bertz CT molecular complexity index is 679. The van der Waals surface area contributed by atoms with Crippen LogP contribution in [0.4, 0.5) is 4.39 Å². The molecule has 0 saturated carbocycles. The van der Waals surface area contributed by atoms with Crippen LogP contribution in [-0.2, 0) is 9.84 Å². The molecule has 0 aliphatic rings. The summed E-state index contributed by atoms with van der Waals surface area (Å²) in [7, 11) is -3.32. The maximum atomic E-state index is 12.8. The van der Waals surface area contributed by atoms with Gasteiger partial charge in [-0.05, 0) is 41.5 Å². The zero-order chi connectivity index (χ0) is 13.3. The second-order valence-electron chi connectivity index (χ2n) is 3.95. The molecule has 0 aliphatic heterocycles. The minimum absolute atomic E-state index is 0.148. The van der Waals surface area contributed by atoms with E-state index < -0.39 is 9.84 Å². The molecular formula is C13H10ClFO2S. The lowest BCUT2D eigenvalue weighted by Gasteiger charge is -2.06. The predicted octanol–water partition coefficient (Wildman–Crippen LogP) is 3.55. The van der Waals surface area contributed by atoms with E-state index in [4.69, 9.17) is 11.6 Å². The summed E-state index contributed by atoms with van der Waals surface area (Å²) < 4.78 is 35.8. The van der Waals surface area contributed by atoms with E-state index in [1.54, 1.807) is 18.2 Å². The normalized spacial score (nSPS) is 11.5. The Balaban J connectivity index is 2.59. The third-order valence-corrected chi connectivity index (χ3v) is 3.79. The highest BCUT2D eigenvalue weighted by atomic mass is 35.5. The fourth-order valence-corrected chi connectivity index (χ4v) is 2.57. The van der Waals surface area contributed by atoms with Crippen molar-refractivity contribution in [2.24, 2.45) is 0 Å². The summed E-state index contributed by atoms with van der Waals surface area (Å²) in [4.78, 5) is 0.148. The minimum Gasteiger partial charge on any atom is -0.224 e. The molecule has 0 N–H and O–H groups in total. The number of halogens is 2.